The summed E-state index contributed by atoms with van der Waals surface area (Å²) in [7, 11) is 1.63. The molecule has 1 saturated heterocycles. The highest BCUT2D eigenvalue weighted by atomic mass is 35.5. The minimum Gasteiger partial charge on any atom is -0.299 e. The molecule has 1 N–H and O–H groups in total. The predicted octanol–water partition coefficient (Wildman–Crippen LogP) is 3.68. The molecule has 1 saturated carbocycles. The van der Waals surface area contributed by atoms with E-state index in [9.17, 15) is 9.59 Å². The lowest BCUT2D eigenvalue weighted by atomic mass is 9.99. The molecule has 1 aromatic heterocycles. The van der Waals surface area contributed by atoms with Crippen molar-refractivity contribution in [2.75, 3.05) is 24.6 Å². The van der Waals surface area contributed by atoms with E-state index in [2.05, 4.69) is 10.00 Å². The molecule has 0 radical (unpaired) electrons. The molecule has 1 aliphatic heterocycles. The molecule has 4 rings (SSSR count). The molecule has 0 bridgehead atoms. The van der Waals surface area contributed by atoms with Crippen LogP contribution in [0.2, 0.25) is 10.0 Å². The first-order valence-corrected chi connectivity index (χ1v) is 11.0. The Morgan fingerprint density at radius 3 is 2.63 bits per heavy atom. The van der Waals surface area contributed by atoms with Crippen molar-refractivity contribution in [2.24, 2.45) is 7.05 Å². The number of nitrogens with one attached hydrogen (secondary N) is 1. The van der Waals surface area contributed by atoms with E-state index in [1.165, 1.54) is 4.68 Å². The van der Waals surface area contributed by atoms with Crippen molar-refractivity contribution in [3.8, 4) is 0 Å². The van der Waals surface area contributed by atoms with E-state index in [1.807, 2.05) is 11.8 Å². The number of carbonyl (C=O) groups is 1. The van der Waals surface area contributed by atoms with E-state index >= 15 is 0 Å². The molecule has 0 unspecified atom stereocenters. The Morgan fingerprint density at radius 2 is 1.96 bits per heavy atom. The Labute approximate surface area is 172 Å². The van der Waals surface area contributed by atoms with Crippen molar-refractivity contribution in [1.82, 2.24) is 14.7 Å². The summed E-state index contributed by atoms with van der Waals surface area (Å²) < 4.78 is 1.37. The highest BCUT2D eigenvalue weighted by Gasteiger charge is 2.34. The number of benzene rings is 1. The monoisotopic (exact) mass is 425 g/mol. The van der Waals surface area contributed by atoms with Gasteiger partial charge in [0.25, 0.3) is 5.56 Å². The fourth-order valence-electron chi connectivity index (χ4n) is 3.49. The molecule has 144 valence electrons. The highest BCUT2D eigenvalue weighted by Crippen LogP contribution is 2.41. The summed E-state index contributed by atoms with van der Waals surface area (Å²) in [5.74, 6) is 2.10. The zero-order valence-electron chi connectivity index (χ0n) is 15.1. The van der Waals surface area contributed by atoms with Crippen LogP contribution in [0.15, 0.2) is 16.9 Å². The Morgan fingerprint density at radius 1 is 1.26 bits per heavy atom. The summed E-state index contributed by atoms with van der Waals surface area (Å²) in [6, 6.07) is 3.34. The van der Waals surface area contributed by atoms with Crippen molar-refractivity contribution in [2.45, 2.75) is 25.3 Å². The molecule has 2 fully saturated rings. The maximum atomic E-state index is 13.2. The molecule has 8 heteroatoms. The minimum absolute atomic E-state index is 0.213. The van der Waals surface area contributed by atoms with Gasteiger partial charge < -0.3 is 0 Å². The predicted molar refractivity (Wildman–Crippen MR) is 111 cm³/mol. The van der Waals surface area contributed by atoms with Crippen LogP contribution in [0.5, 0.6) is 0 Å². The lowest BCUT2D eigenvalue weighted by Crippen LogP contribution is -2.32. The van der Waals surface area contributed by atoms with Crippen LogP contribution < -0.4 is 5.56 Å². The number of rotatable bonds is 5. The summed E-state index contributed by atoms with van der Waals surface area (Å²) in [6.45, 7) is 2.55. The number of H-pyrrole nitrogens is 1. The van der Waals surface area contributed by atoms with E-state index < -0.39 is 0 Å². The van der Waals surface area contributed by atoms with Gasteiger partial charge in [-0.25, -0.2) is 0 Å². The van der Waals surface area contributed by atoms with Gasteiger partial charge in [0.1, 0.15) is 5.56 Å². The quantitative estimate of drug-likeness (QED) is 0.742. The second-order valence-corrected chi connectivity index (χ2v) is 9.15. The van der Waals surface area contributed by atoms with Crippen LogP contribution in [0.3, 0.4) is 0 Å². The van der Waals surface area contributed by atoms with Crippen molar-refractivity contribution in [3.63, 3.8) is 0 Å². The van der Waals surface area contributed by atoms with Gasteiger partial charge in [-0.2, -0.15) is 11.8 Å². The second kappa shape index (κ2) is 7.66. The van der Waals surface area contributed by atoms with Crippen LogP contribution in [-0.4, -0.2) is 45.1 Å². The van der Waals surface area contributed by atoms with Crippen molar-refractivity contribution < 1.29 is 4.79 Å². The molecule has 2 heterocycles. The molecule has 1 aliphatic carbocycles. The van der Waals surface area contributed by atoms with Crippen LogP contribution >= 0.6 is 35.0 Å². The van der Waals surface area contributed by atoms with E-state index in [0.29, 0.717) is 22.2 Å². The Hall–Kier alpha value is -1.21. The average Bonchev–Trinajstić information content (AvgIpc) is 3.46. The molecule has 0 amide bonds. The fraction of sp³-hybridized carbons (Fsp3) is 0.474. The van der Waals surface area contributed by atoms with Gasteiger partial charge in [-0.1, -0.05) is 23.2 Å². The molecule has 27 heavy (non-hydrogen) atoms. The SMILES string of the molecule is Cn1[nH]c(C2CC2)c(C(=O)c2ccc(Cl)c(CN3CCSCC3)c2Cl)c1=O. The summed E-state index contributed by atoms with van der Waals surface area (Å²) in [6.07, 6.45) is 1.99. The van der Waals surface area contributed by atoms with E-state index in [0.717, 1.165) is 48.7 Å². The van der Waals surface area contributed by atoms with Gasteiger partial charge in [-0.15, -0.1) is 0 Å². The highest BCUT2D eigenvalue weighted by molar-refractivity contribution is 7.99. The van der Waals surface area contributed by atoms with Crippen molar-refractivity contribution in [1.29, 1.82) is 0 Å². The Balaban J connectivity index is 1.71. The minimum atomic E-state index is -0.323. The molecule has 2 aliphatic rings. The zero-order chi connectivity index (χ0) is 19.1. The maximum absolute atomic E-state index is 13.2. The number of ketones is 1. The summed E-state index contributed by atoms with van der Waals surface area (Å²) in [4.78, 5) is 28.1. The third-order valence-electron chi connectivity index (χ3n) is 5.20. The Kier molecular flexibility index (Phi) is 5.43. The normalized spacial score (nSPS) is 18.0. The van der Waals surface area contributed by atoms with Gasteiger partial charge in [0.05, 0.1) is 10.7 Å². The molecular weight excluding hydrogens is 405 g/mol. The van der Waals surface area contributed by atoms with Crippen LogP contribution in [0.4, 0.5) is 0 Å². The molecule has 0 spiro atoms. The number of carbonyl (C=O) groups excluding carboxylic acids is 1. The van der Waals surface area contributed by atoms with Crippen LogP contribution in [0, 0.1) is 0 Å². The van der Waals surface area contributed by atoms with Crippen molar-refractivity contribution >= 4 is 40.7 Å². The Bertz CT molecular complexity index is 943. The molecule has 5 nitrogen and oxygen atoms in total. The largest absolute Gasteiger partial charge is 0.299 e. The number of aryl methyl sites for hydroxylation is 1. The van der Waals surface area contributed by atoms with Gasteiger partial charge in [-0.05, 0) is 25.0 Å². The van der Waals surface area contributed by atoms with Gasteiger partial charge in [0.2, 0.25) is 5.78 Å². The lowest BCUT2D eigenvalue weighted by Gasteiger charge is -2.27. The van der Waals surface area contributed by atoms with E-state index in [4.69, 9.17) is 23.2 Å². The number of hydrogen-bond donors (Lipinski definition) is 1. The topological polar surface area (TPSA) is 58.1 Å². The first kappa shape index (κ1) is 19.1. The standard InChI is InChI=1S/C19H21Cl2N3O2S/c1-23-19(26)15(17(22-23)11-2-3-11)18(25)12-4-5-14(20)13(16(12)21)10-24-6-8-27-9-7-24/h4-5,11,22H,2-3,6-10H2,1H3. The maximum Gasteiger partial charge on any atom is 0.277 e. The van der Waals surface area contributed by atoms with Gasteiger partial charge in [-0.3, -0.25) is 24.3 Å². The first-order chi connectivity index (χ1) is 13.0. The molecule has 1 aromatic carbocycles. The number of thioether (sulfide) groups is 1. The summed E-state index contributed by atoms with van der Waals surface area (Å²) in [5, 5.41) is 3.95. The smallest absolute Gasteiger partial charge is 0.277 e. The zero-order valence-corrected chi connectivity index (χ0v) is 17.4. The van der Waals surface area contributed by atoms with Crippen LogP contribution in [-0.2, 0) is 13.6 Å². The first-order valence-electron chi connectivity index (χ1n) is 9.08. The average molecular weight is 426 g/mol. The number of nitrogens with zero attached hydrogens (tertiary/aromatic N) is 2. The number of halogens is 2. The van der Waals surface area contributed by atoms with Crippen LogP contribution in [0.25, 0.3) is 0 Å². The van der Waals surface area contributed by atoms with Crippen molar-refractivity contribution in [3.05, 3.63) is 54.9 Å². The van der Waals surface area contributed by atoms with Gasteiger partial charge in [0, 0.05) is 60.3 Å². The summed E-state index contributed by atoms with van der Waals surface area (Å²) >= 11 is 15.0. The third kappa shape index (κ3) is 3.73. The lowest BCUT2D eigenvalue weighted by molar-refractivity contribution is 0.103. The number of aromatic amines is 1. The van der Waals surface area contributed by atoms with Crippen LogP contribution in [0.1, 0.15) is 45.9 Å². The fourth-order valence-corrected chi connectivity index (χ4v) is 5.05. The van der Waals surface area contributed by atoms with E-state index in [-0.39, 0.29) is 22.8 Å². The number of hydrogen-bond acceptors (Lipinski definition) is 4. The van der Waals surface area contributed by atoms with Gasteiger partial charge in [0.15, 0.2) is 0 Å². The number of aromatic nitrogens is 2. The van der Waals surface area contributed by atoms with E-state index in [1.54, 1.807) is 19.2 Å². The van der Waals surface area contributed by atoms with Gasteiger partial charge >= 0.3 is 0 Å². The second-order valence-electron chi connectivity index (χ2n) is 7.14. The molecule has 0 atom stereocenters. The summed E-state index contributed by atoms with van der Waals surface area (Å²) in [5.41, 5.74) is 1.75. The molecule has 2 aromatic rings. The third-order valence-corrected chi connectivity index (χ3v) is 6.93. The molecular formula is C19H21Cl2N3O2S.